The summed E-state index contributed by atoms with van der Waals surface area (Å²) in [5.74, 6) is -0.305. The van der Waals surface area contributed by atoms with Gasteiger partial charge >= 0.3 is 0 Å². The van der Waals surface area contributed by atoms with Crippen molar-refractivity contribution in [2.45, 2.75) is 45.1 Å². The van der Waals surface area contributed by atoms with Crippen molar-refractivity contribution < 1.29 is 14.7 Å². The maximum Gasteiger partial charge on any atom is 0.254 e. The second-order valence-corrected chi connectivity index (χ2v) is 6.45. The van der Waals surface area contributed by atoms with E-state index in [0.29, 0.717) is 32.4 Å². The van der Waals surface area contributed by atoms with Crippen LogP contribution in [-0.2, 0) is 9.59 Å². The number of likely N-dealkylation sites (tertiary alicyclic amines) is 1. The number of anilines is 1. The summed E-state index contributed by atoms with van der Waals surface area (Å²) in [5.41, 5.74) is -0.504. The van der Waals surface area contributed by atoms with E-state index in [0.717, 1.165) is 12.1 Å². The van der Waals surface area contributed by atoms with Gasteiger partial charge in [-0.05, 0) is 38.3 Å². The average molecular weight is 318 g/mol. The molecule has 126 valence electrons. The Bertz CT molecular complexity index is 534. The summed E-state index contributed by atoms with van der Waals surface area (Å²) in [6, 6.07) is 9.39. The van der Waals surface area contributed by atoms with Gasteiger partial charge in [-0.1, -0.05) is 31.5 Å². The van der Waals surface area contributed by atoms with E-state index >= 15 is 0 Å². The molecule has 0 spiro atoms. The van der Waals surface area contributed by atoms with Crippen LogP contribution in [0.3, 0.4) is 0 Å². The van der Waals surface area contributed by atoms with Crippen molar-refractivity contribution in [3.05, 3.63) is 30.3 Å². The number of para-hydroxylation sites is 1. The van der Waals surface area contributed by atoms with Gasteiger partial charge in [-0.3, -0.25) is 9.59 Å². The molecule has 2 N–H and O–H groups in total. The summed E-state index contributed by atoms with van der Waals surface area (Å²) in [5, 5.41) is 13.1. The van der Waals surface area contributed by atoms with E-state index < -0.39 is 5.60 Å². The molecule has 0 aromatic heterocycles. The molecule has 1 heterocycles. The van der Waals surface area contributed by atoms with E-state index in [-0.39, 0.29) is 17.7 Å². The lowest BCUT2D eigenvalue weighted by Crippen LogP contribution is -2.50. The third-order valence-corrected chi connectivity index (χ3v) is 4.39. The molecule has 0 radical (unpaired) electrons. The zero-order valence-corrected chi connectivity index (χ0v) is 13.9. The summed E-state index contributed by atoms with van der Waals surface area (Å²) in [7, 11) is 0. The highest BCUT2D eigenvalue weighted by Gasteiger charge is 2.36. The Kier molecular flexibility index (Phi) is 5.77. The van der Waals surface area contributed by atoms with Gasteiger partial charge in [-0.25, -0.2) is 0 Å². The van der Waals surface area contributed by atoms with Crippen LogP contribution in [-0.4, -0.2) is 40.5 Å². The molecule has 1 atom stereocenters. The molecule has 5 nitrogen and oxygen atoms in total. The number of rotatable bonds is 5. The molecule has 5 heteroatoms. The van der Waals surface area contributed by atoms with Crippen LogP contribution in [0.15, 0.2) is 30.3 Å². The second-order valence-electron chi connectivity index (χ2n) is 6.45. The first-order chi connectivity index (χ1) is 10.9. The summed E-state index contributed by atoms with van der Waals surface area (Å²) in [6.07, 6.45) is 2.48. The molecule has 0 bridgehead atoms. The van der Waals surface area contributed by atoms with Crippen molar-refractivity contribution >= 4 is 17.5 Å². The van der Waals surface area contributed by atoms with E-state index in [1.165, 1.54) is 0 Å². The van der Waals surface area contributed by atoms with Gasteiger partial charge in [0.2, 0.25) is 5.91 Å². The number of hydrogen-bond donors (Lipinski definition) is 2. The first kappa shape index (κ1) is 17.5. The number of nitrogens with zero attached hydrogens (tertiary/aromatic N) is 1. The van der Waals surface area contributed by atoms with Gasteiger partial charge in [-0.2, -0.15) is 0 Å². The molecule has 23 heavy (non-hydrogen) atoms. The van der Waals surface area contributed by atoms with Crippen LogP contribution in [0.2, 0.25) is 0 Å². The molecule has 1 aromatic carbocycles. The number of carbonyl (C=O) groups excluding carboxylic acids is 2. The number of benzene rings is 1. The molecule has 1 aliphatic rings. The van der Waals surface area contributed by atoms with Crippen LogP contribution in [0.25, 0.3) is 0 Å². The van der Waals surface area contributed by atoms with E-state index in [4.69, 9.17) is 0 Å². The first-order valence-corrected chi connectivity index (χ1v) is 8.31. The monoisotopic (exact) mass is 318 g/mol. The van der Waals surface area contributed by atoms with E-state index in [1.807, 2.05) is 37.3 Å². The van der Waals surface area contributed by atoms with Crippen LogP contribution >= 0.6 is 0 Å². The summed E-state index contributed by atoms with van der Waals surface area (Å²) in [4.78, 5) is 26.3. The van der Waals surface area contributed by atoms with Crippen molar-refractivity contribution in [3.8, 4) is 0 Å². The van der Waals surface area contributed by atoms with Crippen LogP contribution in [0, 0.1) is 5.92 Å². The Morgan fingerprint density at radius 3 is 2.43 bits per heavy atom. The van der Waals surface area contributed by atoms with E-state index in [9.17, 15) is 14.7 Å². The number of carbonyl (C=O) groups is 2. The molecule has 1 aliphatic heterocycles. The molecule has 1 saturated heterocycles. The van der Waals surface area contributed by atoms with Gasteiger partial charge in [0, 0.05) is 24.7 Å². The predicted octanol–water partition coefficient (Wildman–Crippen LogP) is 2.41. The topological polar surface area (TPSA) is 69.6 Å². The minimum Gasteiger partial charge on any atom is -0.380 e. The van der Waals surface area contributed by atoms with Gasteiger partial charge < -0.3 is 15.3 Å². The highest BCUT2D eigenvalue weighted by atomic mass is 16.3. The summed E-state index contributed by atoms with van der Waals surface area (Å²) < 4.78 is 0. The lowest BCUT2D eigenvalue weighted by atomic mass is 9.93. The van der Waals surface area contributed by atoms with Crippen molar-refractivity contribution in [1.29, 1.82) is 0 Å². The Labute approximate surface area is 137 Å². The summed E-state index contributed by atoms with van der Waals surface area (Å²) >= 11 is 0. The minimum absolute atomic E-state index is 0.00335. The smallest absolute Gasteiger partial charge is 0.254 e. The number of nitrogens with one attached hydrogen (secondary N) is 1. The van der Waals surface area contributed by atoms with Crippen LogP contribution in [0.1, 0.15) is 39.5 Å². The third-order valence-electron chi connectivity index (χ3n) is 4.39. The normalized spacial score (nSPS) is 18.3. The molecule has 2 rings (SSSR count). The van der Waals surface area contributed by atoms with Gasteiger partial charge in [0.25, 0.3) is 5.91 Å². The Morgan fingerprint density at radius 2 is 1.87 bits per heavy atom. The number of aliphatic hydroxyl groups is 1. The van der Waals surface area contributed by atoms with Crippen molar-refractivity contribution in [3.63, 3.8) is 0 Å². The Morgan fingerprint density at radius 1 is 1.26 bits per heavy atom. The van der Waals surface area contributed by atoms with Crippen LogP contribution in [0.4, 0.5) is 5.69 Å². The van der Waals surface area contributed by atoms with Gasteiger partial charge in [0.15, 0.2) is 0 Å². The van der Waals surface area contributed by atoms with E-state index in [2.05, 4.69) is 5.32 Å². The van der Waals surface area contributed by atoms with Crippen LogP contribution in [0.5, 0.6) is 0 Å². The van der Waals surface area contributed by atoms with Gasteiger partial charge in [0.05, 0.1) is 0 Å². The SMILES string of the molecule is CCCC(C)(O)C(=O)N1CCC(C(=O)Nc2ccccc2)CC1. The molecule has 1 fully saturated rings. The standard InChI is InChI=1S/C18H26N2O3/c1-3-11-18(2,23)17(22)20-12-9-14(10-13-20)16(21)19-15-7-5-4-6-8-15/h4-8,14,23H,3,9-13H2,1-2H3,(H,19,21). The highest BCUT2D eigenvalue weighted by molar-refractivity contribution is 5.92. The molecule has 2 amide bonds. The zero-order chi connectivity index (χ0) is 16.9. The van der Waals surface area contributed by atoms with Crippen molar-refractivity contribution in [1.82, 2.24) is 4.90 Å². The fraction of sp³-hybridized carbons (Fsp3) is 0.556. The molecular formula is C18H26N2O3. The lowest BCUT2D eigenvalue weighted by molar-refractivity contribution is -0.152. The number of piperidine rings is 1. The lowest BCUT2D eigenvalue weighted by Gasteiger charge is -2.35. The average Bonchev–Trinajstić information content (AvgIpc) is 2.55. The number of hydrogen-bond acceptors (Lipinski definition) is 3. The number of amides is 2. The Balaban J connectivity index is 1.86. The minimum atomic E-state index is -1.30. The van der Waals surface area contributed by atoms with Crippen molar-refractivity contribution in [2.75, 3.05) is 18.4 Å². The molecule has 1 unspecified atom stereocenters. The second kappa shape index (κ2) is 7.59. The molecular weight excluding hydrogens is 292 g/mol. The van der Waals surface area contributed by atoms with Crippen molar-refractivity contribution in [2.24, 2.45) is 5.92 Å². The largest absolute Gasteiger partial charge is 0.380 e. The predicted molar refractivity (Wildman–Crippen MR) is 89.9 cm³/mol. The Hall–Kier alpha value is -1.88. The molecule has 0 aliphatic carbocycles. The van der Waals surface area contributed by atoms with E-state index in [1.54, 1.807) is 11.8 Å². The maximum absolute atomic E-state index is 12.4. The van der Waals surface area contributed by atoms with Crippen LogP contribution < -0.4 is 5.32 Å². The zero-order valence-electron chi connectivity index (χ0n) is 13.9. The third kappa shape index (κ3) is 4.55. The van der Waals surface area contributed by atoms with Gasteiger partial charge in [-0.15, -0.1) is 0 Å². The quantitative estimate of drug-likeness (QED) is 0.876. The molecule has 0 saturated carbocycles. The molecule has 1 aromatic rings. The fourth-order valence-electron chi connectivity index (χ4n) is 3.04. The fourth-order valence-corrected chi connectivity index (χ4v) is 3.04. The maximum atomic E-state index is 12.4. The highest BCUT2D eigenvalue weighted by Crippen LogP contribution is 2.23. The van der Waals surface area contributed by atoms with Gasteiger partial charge in [0.1, 0.15) is 5.60 Å². The summed E-state index contributed by atoms with van der Waals surface area (Å²) in [6.45, 7) is 4.56. The first-order valence-electron chi connectivity index (χ1n) is 8.31.